The van der Waals surface area contributed by atoms with E-state index in [0.29, 0.717) is 18.8 Å². The number of phenolic OH excluding ortho intramolecular Hbond substituents is 2. The van der Waals surface area contributed by atoms with Crippen molar-refractivity contribution in [3.05, 3.63) is 35.9 Å². The largest absolute Gasteiger partial charge is 0.504 e. The third kappa shape index (κ3) is 9.68. The SMILES string of the molecule is C=C(C)C(=O)OCCCCCCCCCCOC(=O)c1ccc(O)c(O)c1. The van der Waals surface area contributed by atoms with Crippen molar-refractivity contribution in [2.24, 2.45) is 0 Å². The molecule has 6 nitrogen and oxygen atoms in total. The first-order valence-corrected chi connectivity index (χ1v) is 9.43. The summed E-state index contributed by atoms with van der Waals surface area (Å²) in [5, 5.41) is 18.6. The summed E-state index contributed by atoms with van der Waals surface area (Å²) < 4.78 is 10.2. The molecule has 2 N–H and O–H groups in total. The lowest BCUT2D eigenvalue weighted by Crippen LogP contribution is -2.06. The fraction of sp³-hybridized carbons (Fsp3) is 0.524. The van der Waals surface area contributed by atoms with E-state index in [2.05, 4.69) is 6.58 Å². The van der Waals surface area contributed by atoms with Crippen LogP contribution in [-0.2, 0) is 14.3 Å². The van der Waals surface area contributed by atoms with Crippen molar-refractivity contribution in [2.45, 2.75) is 58.3 Å². The number of rotatable bonds is 13. The quantitative estimate of drug-likeness (QED) is 0.227. The predicted molar refractivity (Wildman–Crippen MR) is 103 cm³/mol. The van der Waals surface area contributed by atoms with E-state index in [4.69, 9.17) is 9.47 Å². The number of carbonyl (C=O) groups is 2. The van der Waals surface area contributed by atoms with Gasteiger partial charge in [-0.3, -0.25) is 0 Å². The molecule has 1 rings (SSSR count). The first-order chi connectivity index (χ1) is 12.9. The summed E-state index contributed by atoms with van der Waals surface area (Å²) in [6, 6.07) is 3.87. The minimum absolute atomic E-state index is 0.222. The van der Waals surface area contributed by atoms with Crippen molar-refractivity contribution in [1.82, 2.24) is 0 Å². The van der Waals surface area contributed by atoms with E-state index in [1.807, 2.05) is 0 Å². The third-order valence-electron chi connectivity index (χ3n) is 4.06. The van der Waals surface area contributed by atoms with Crippen LogP contribution in [0.5, 0.6) is 11.5 Å². The molecular formula is C21H30O6. The van der Waals surface area contributed by atoms with Gasteiger partial charge in [0.25, 0.3) is 0 Å². The Hall–Kier alpha value is -2.50. The van der Waals surface area contributed by atoms with Gasteiger partial charge in [-0.1, -0.05) is 45.1 Å². The first-order valence-electron chi connectivity index (χ1n) is 9.43. The van der Waals surface area contributed by atoms with Gasteiger partial charge in [0.1, 0.15) is 0 Å². The minimum Gasteiger partial charge on any atom is -0.504 e. The predicted octanol–water partition coefficient (Wildman–Crippen LogP) is 4.49. The van der Waals surface area contributed by atoms with Crippen molar-refractivity contribution < 1.29 is 29.3 Å². The normalized spacial score (nSPS) is 10.4. The van der Waals surface area contributed by atoms with Crippen molar-refractivity contribution >= 4 is 11.9 Å². The van der Waals surface area contributed by atoms with Crippen LogP contribution >= 0.6 is 0 Å². The molecule has 0 aliphatic heterocycles. The molecule has 0 aliphatic carbocycles. The van der Waals surface area contributed by atoms with Crippen molar-refractivity contribution in [1.29, 1.82) is 0 Å². The highest BCUT2D eigenvalue weighted by Crippen LogP contribution is 2.25. The van der Waals surface area contributed by atoms with Crippen LogP contribution < -0.4 is 0 Å². The lowest BCUT2D eigenvalue weighted by Gasteiger charge is -2.06. The number of ether oxygens (including phenoxy) is 2. The molecule has 0 fully saturated rings. The molecule has 0 heterocycles. The molecular weight excluding hydrogens is 348 g/mol. The summed E-state index contributed by atoms with van der Waals surface area (Å²) in [7, 11) is 0. The summed E-state index contributed by atoms with van der Waals surface area (Å²) in [6.45, 7) is 5.97. The number of carbonyl (C=O) groups excluding carboxylic acids is 2. The van der Waals surface area contributed by atoms with Gasteiger partial charge in [-0.2, -0.15) is 0 Å². The summed E-state index contributed by atoms with van der Waals surface area (Å²) in [6.07, 6.45) is 8.18. The van der Waals surface area contributed by atoms with Gasteiger partial charge in [0, 0.05) is 5.57 Å². The van der Waals surface area contributed by atoms with Gasteiger partial charge >= 0.3 is 11.9 Å². The van der Waals surface area contributed by atoms with Gasteiger partial charge in [0.15, 0.2) is 11.5 Å². The number of esters is 2. The van der Waals surface area contributed by atoms with Gasteiger partial charge in [0.2, 0.25) is 0 Å². The van der Waals surface area contributed by atoms with Gasteiger partial charge < -0.3 is 19.7 Å². The lowest BCUT2D eigenvalue weighted by atomic mass is 10.1. The van der Waals surface area contributed by atoms with Crippen LogP contribution in [0.15, 0.2) is 30.4 Å². The average molecular weight is 378 g/mol. The fourth-order valence-electron chi connectivity index (χ4n) is 2.45. The molecule has 0 saturated carbocycles. The summed E-state index contributed by atoms with van der Waals surface area (Å²) in [4.78, 5) is 23.0. The second-order valence-electron chi connectivity index (χ2n) is 6.58. The highest BCUT2D eigenvalue weighted by molar-refractivity contribution is 5.90. The maximum Gasteiger partial charge on any atom is 0.338 e. The summed E-state index contributed by atoms with van der Waals surface area (Å²) in [5.74, 6) is -1.42. The van der Waals surface area contributed by atoms with Crippen molar-refractivity contribution in [3.8, 4) is 11.5 Å². The zero-order chi connectivity index (χ0) is 20.1. The molecule has 1 aromatic rings. The highest BCUT2D eigenvalue weighted by Gasteiger charge is 2.09. The van der Waals surface area contributed by atoms with Gasteiger partial charge in [-0.05, 0) is 38.0 Å². The van der Waals surface area contributed by atoms with Crippen LogP contribution in [-0.4, -0.2) is 35.4 Å². The Kier molecular flexibility index (Phi) is 10.7. The molecule has 0 aliphatic rings. The Balaban J connectivity index is 1.94. The van der Waals surface area contributed by atoms with Gasteiger partial charge in [-0.25, -0.2) is 9.59 Å². The van der Waals surface area contributed by atoms with E-state index in [-0.39, 0.29) is 23.0 Å². The number of phenols is 2. The zero-order valence-corrected chi connectivity index (χ0v) is 16.0. The second-order valence-corrected chi connectivity index (χ2v) is 6.58. The molecule has 0 amide bonds. The Morgan fingerprint density at radius 1 is 0.852 bits per heavy atom. The number of unbranched alkanes of at least 4 members (excludes halogenated alkanes) is 7. The maximum atomic E-state index is 11.8. The number of hydrogen-bond donors (Lipinski definition) is 2. The number of benzene rings is 1. The standard InChI is InChI=1S/C21H30O6/c1-16(2)20(24)26-13-9-7-5-3-4-6-8-10-14-27-21(25)17-11-12-18(22)19(23)15-17/h11-12,15,22-23H,1,3-10,13-14H2,2H3. The molecule has 0 saturated heterocycles. The van der Waals surface area contributed by atoms with Gasteiger partial charge in [0.05, 0.1) is 18.8 Å². The van der Waals surface area contributed by atoms with Crippen molar-refractivity contribution in [3.63, 3.8) is 0 Å². The Morgan fingerprint density at radius 2 is 1.37 bits per heavy atom. The highest BCUT2D eigenvalue weighted by atomic mass is 16.5. The van der Waals surface area contributed by atoms with Gasteiger partial charge in [-0.15, -0.1) is 0 Å². The molecule has 27 heavy (non-hydrogen) atoms. The van der Waals surface area contributed by atoms with Crippen LogP contribution in [0.4, 0.5) is 0 Å². The molecule has 0 spiro atoms. The van der Waals surface area contributed by atoms with E-state index < -0.39 is 5.97 Å². The monoisotopic (exact) mass is 378 g/mol. The molecule has 0 bridgehead atoms. The van der Waals surface area contributed by atoms with E-state index >= 15 is 0 Å². The van der Waals surface area contributed by atoms with Crippen molar-refractivity contribution in [2.75, 3.05) is 13.2 Å². The smallest absolute Gasteiger partial charge is 0.338 e. The first kappa shape index (κ1) is 22.5. The van der Waals surface area contributed by atoms with Crippen LogP contribution in [0.3, 0.4) is 0 Å². The molecule has 0 aromatic heterocycles. The summed E-state index contributed by atoms with van der Waals surface area (Å²) in [5.41, 5.74) is 0.654. The van der Waals surface area contributed by atoms with Crippen LogP contribution in [0.25, 0.3) is 0 Å². The van der Waals surface area contributed by atoms with E-state index in [1.165, 1.54) is 18.2 Å². The molecule has 1 aromatic carbocycles. The van der Waals surface area contributed by atoms with Crippen LogP contribution in [0.1, 0.15) is 68.6 Å². The number of aromatic hydroxyl groups is 2. The van der Waals surface area contributed by atoms with E-state index in [0.717, 1.165) is 51.4 Å². The molecule has 0 unspecified atom stereocenters. The fourth-order valence-corrected chi connectivity index (χ4v) is 2.45. The second kappa shape index (κ2) is 12.8. The average Bonchev–Trinajstić information content (AvgIpc) is 2.64. The summed E-state index contributed by atoms with van der Waals surface area (Å²) >= 11 is 0. The van der Waals surface area contributed by atoms with E-state index in [9.17, 15) is 19.8 Å². The van der Waals surface area contributed by atoms with Crippen LogP contribution in [0, 0.1) is 0 Å². The van der Waals surface area contributed by atoms with Crippen LogP contribution in [0.2, 0.25) is 0 Å². The molecule has 150 valence electrons. The topological polar surface area (TPSA) is 93.1 Å². The minimum atomic E-state index is -0.502. The molecule has 0 atom stereocenters. The third-order valence-corrected chi connectivity index (χ3v) is 4.06. The Bertz CT molecular complexity index is 623. The Labute approximate surface area is 160 Å². The zero-order valence-electron chi connectivity index (χ0n) is 16.0. The molecule has 0 radical (unpaired) electrons. The number of hydrogen-bond acceptors (Lipinski definition) is 6. The maximum absolute atomic E-state index is 11.8. The molecule has 6 heteroatoms. The van der Waals surface area contributed by atoms with E-state index in [1.54, 1.807) is 6.92 Å². The lowest BCUT2D eigenvalue weighted by molar-refractivity contribution is -0.139. The Morgan fingerprint density at radius 3 is 1.89 bits per heavy atom.